The predicted molar refractivity (Wildman–Crippen MR) is 102 cm³/mol. The average Bonchev–Trinajstić information content (AvgIpc) is 3.32. The molecule has 0 saturated carbocycles. The molecule has 2 fully saturated rings. The Hall–Kier alpha value is -1.80. The van der Waals surface area contributed by atoms with Crippen molar-refractivity contribution in [1.82, 2.24) is 20.4 Å². The maximum Gasteiger partial charge on any atom is 0.401 e. The van der Waals surface area contributed by atoms with Crippen LogP contribution in [0.4, 0.5) is 18.0 Å². The first-order valence-corrected chi connectivity index (χ1v) is 10.0. The minimum absolute atomic E-state index is 0.0663. The molecule has 0 bridgehead atoms. The van der Waals surface area contributed by atoms with Gasteiger partial charge < -0.3 is 10.6 Å². The van der Waals surface area contributed by atoms with E-state index >= 15 is 0 Å². The van der Waals surface area contributed by atoms with Crippen molar-refractivity contribution in [2.24, 2.45) is 5.92 Å². The summed E-state index contributed by atoms with van der Waals surface area (Å²) in [5.41, 5.74) is 1.18. The van der Waals surface area contributed by atoms with Crippen LogP contribution in [-0.4, -0.2) is 67.8 Å². The Morgan fingerprint density at radius 3 is 2.50 bits per heavy atom. The molecule has 3 rings (SSSR count). The summed E-state index contributed by atoms with van der Waals surface area (Å²) in [5, 5.41) is 5.78. The van der Waals surface area contributed by atoms with Crippen LogP contribution in [0.1, 0.15) is 30.9 Å². The lowest BCUT2D eigenvalue weighted by Gasteiger charge is -2.28. The van der Waals surface area contributed by atoms with Crippen LogP contribution in [0, 0.1) is 5.92 Å². The van der Waals surface area contributed by atoms with Gasteiger partial charge in [-0.3, -0.25) is 9.80 Å². The normalized spacial score (nSPS) is 22.3. The van der Waals surface area contributed by atoms with Gasteiger partial charge in [0.1, 0.15) is 0 Å². The van der Waals surface area contributed by atoms with Crippen molar-refractivity contribution in [2.75, 3.05) is 45.8 Å². The van der Waals surface area contributed by atoms with Gasteiger partial charge in [-0.25, -0.2) is 4.79 Å². The molecule has 0 radical (unpaired) electrons. The van der Waals surface area contributed by atoms with Crippen LogP contribution in [-0.2, 0) is 0 Å². The van der Waals surface area contributed by atoms with Gasteiger partial charge in [0.15, 0.2) is 0 Å². The largest absolute Gasteiger partial charge is 0.401 e. The van der Waals surface area contributed by atoms with E-state index in [1.165, 1.54) is 23.3 Å². The second-order valence-electron chi connectivity index (χ2n) is 7.77. The van der Waals surface area contributed by atoms with Crippen LogP contribution in [0.15, 0.2) is 30.3 Å². The van der Waals surface area contributed by atoms with Gasteiger partial charge in [-0.15, -0.1) is 0 Å². The van der Waals surface area contributed by atoms with Crippen LogP contribution < -0.4 is 10.6 Å². The Kier molecular flexibility index (Phi) is 7.18. The molecule has 2 aliphatic rings. The SMILES string of the molecule is O=C(NCC1CCN(CC(F)(F)F)C1)NCC(c1ccccc1)N1CCCC1. The topological polar surface area (TPSA) is 47.6 Å². The van der Waals surface area contributed by atoms with Crippen LogP contribution in [0.5, 0.6) is 0 Å². The highest BCUT2D eigenvalue weighted by Gasteiger charge is 2.34. The number of nitrogens with one attached hydrogen (secondary N) is 2. The van der Waals surface area contributed by atoms with Gasteiger partial charge in [0.05, 0.1) is 12.6 Å². The van der Waals surface area contributed by atoms with Gasteiger partial charge in [-0.2, -0.15) is 13.2 Å². The second-order valence-corrected chi connectivity index (χ2v) is 7.77. The number of rotatable bonds is 7. The lowest BCUT2D eigenvalue weighted by molar-refractivity contribution is -0.143. The molecule has 0 aromatic heterocycles. The summed E-state index contributed by atoms with van der Waals surface area (Å²) >= 11 is 0. The summed E-state index contributed by atoms with van der Waals surface area (Å²) in [7, 11) is 0. The number of hydrogen-bond donors (Lipinski definition) is 2. The van der Waals surface area contributed by atoms with E-state index in [1.54, 1.807) is 0 Å². The average molecular weight is 398 g/mol. The summed E-state index contributed by atoms with van der Waals surface area (Å²) in [6.07, 6.45) is -1.14. The molecular weight excluding hydrogens is 369 g/mol. The Morgan fingerprint density at radius 2 is 1.82 bits per heavy atom. The zero-order chi connectivity index (χ0) is 20.0. The van der Waals surface area contributed by atoms with E-state index in [-0.39, 0.29) is 18.0 Å². The summed E-state index contributed by atoms with van der Waals surface area (Å²) in [5.74, 6) is 0.0663. The fourth-order valence-electron chi connectivity index (χ4n) is 4.15. The predicted octanol–water partition coefficient (Wildman–Crippen LogP) is 3.01. The van der Waals surface area contributed by atoms with Crippen molar-refractivity contribution in [3.63, 3.8) is 0 Å². The van der Waals surface area contributed by atoms with Crippen molar-refractivity contribution in [1.29, 1.82) is 0 Å². The van der Waals surface area contributed by atoms with Gasteiger partial charge in [-0.05, 0) is 50.4 Å². The summed E-state index contributed by atoms with van der Waals surface area (Å²) in [4.78, 5) is 16.0. The molecule has 2 aliphatic heterocycles. The minimum Gasteiger partial charge on any atom is -0.338 e. The zero-order valence-electron chi connectivity index (χ0n) is 16.0. The molecular formula is C20H29F3N4O. The Labute approximate surface area is 164 Å². The molecule has 2 N–H and O–H groups in total. The highest BCUT2D eigenvalue weighted by atomic mass is 19.4. The van der Waals surface area contributed by atoms with Crippen LogP contribution in [0.2, 0.25) is 0 Å². The monoisotopic (exact) mass is 398 g/mol. The highest BCUT2D eigenvalue weighted by Crippen LogP contribution is 2.24. The van der Waals surface area contributed by atoms with E-state index in [1.807, 2.05) is 18.2 Å². The summed E-state index contributed by atoms with van der Waals surface area (Å²) in [6.45, 7) is 2.91. The fourth-order valence-corrected chi connectivity index (χ4v) is 4.15. The highest BCUT2D eigenvalue weighted by molar-refractivity contribution is 5.73. The van der Waals surface area contributed by atoms with Gasteiger partial charge in [-0.1, -0.05) is 30.3 Å². The molecule has 0 aliphatic carbocycles. The molecule has 2 heterocycles. The van der Waals surface area contributed by atoms with E-state index in [2.05, 4.69) is 27.7 Å². The molecule has 2 unspecified atom stereocenters. The smallest absolute Gasteiger partial charge is 0.338 e. The number of likely N-dealkylation sites (tertiary alicyclic amines) is 2. The molecule has 1 aromatic rings. The van der Waals surface area contributed by atoms with Gasteiger partial charge in [0.2, 0.25) is 0 Å². The molecule has 2 saturated heterocycles. The van der Waals surface area contributed by atoms with Gasteiger partial charge in [0, 0.05) is 19.6 Å². The number of amides is 2. The third kappa shape index (κ3) is 6.38. The molecule has 8 heteroatoms. The number of carbonyl (C=O) groups is 1. The molecule has 2 atom stereocenters. The van der Waals surface area contributed by atoms with E-state index < -0.39 is 12.7 Å². The number of nitrogens with zero attached hydrogens (tertiary/aromatic N) is 2. The third-order valence-electron chi connectivity index (χ3n) is 5.55. The Bertz CT molecular complexity index is 620. The Morgan fingerprint density at radius 1 is 1.11 bits per heavy atom. The van der Waals surface area contributed by atoms with E-state index in [0.29, 0.717) is 32.6 Å². The van der Waals surface area contributed by atoms with Crippen molar-refractivity contribution < 1.29 is 18.0 Å². The molecule has 5 nitrogen and oxygen atoms in total. The molecule has 0 spiro atoms. The first-order valence-electron chi connectivity index (χ1n) is 10.0. The number of carbonyl (C=O) groups excluding carboxylic acids is 1. The number of alkyl halides is 3. The molecule has 1 aromatic carbocycles. The van der Waals surface area contributed by atoms with Crippen molar-refractivity contribution >= 4 is 6.03 Å². The molecule has 28 heavy (non-hydrogen) atoms. The first-order chi connectivity index (χ1) is 13.4. The minimum atomic E-state index is -4.16. The Balaban J connectivity index is 1.43. The third-order valence-corrected chi connectivity index (χ3v) is 5.55. The van der Waals surface area contributed by atoms with E-state index in [0.717, 1.165) is 13.1 Å². The van der Waals surface area contributed by atoms with Crippen molar-refractivity contribution in [3.8, 4) is 0 Å². The number of hydrogen-bond acceptors (Lipinski definition) is 3. The lowest BCUT2D eigenvalue weighted by atomic mass is 10.1. The van der Waals surface area contributed by atoms with Crippen LogP contribution in [0.25, 0.3) is 0 Å². The quantitative estimate of drug-likeness (QED) is 0.742. The van der Waals surface area contributed by atoms with Crippen molar-refractivity contribution in [2.45, 2.75) is 31.5 Å². The van der Waals surface area contributed by atoms with Crippen LogP contribution in [0.3, 0.4) is 0 Å². The number of urea groups is 1. The van der Waals surface area contributed by atoms with Crippen molar-refractivity contribution in [3.05, 3.63) is 35.9 Å². The lowest BCUT2D eigenvalue weighted by Crippen LogP contribution is -2.43. The number of halogens is 3. The summed E-state index contributed by atoms with van der Waals surface area (Å²) < 4.78 is 37.4. The molecule has 156 valence electrons. The zero-order valence-corrected chi connectivity index (χ0v) is 16.0. The maximum absolute atomic E-state index is 12.5. The maximum atomic E-state index is 12.5. The standard InChI is InChI=1S/C20H29F3N4O/c21-20(22,23)15-26-11-8-16(14-26)12-24-19(28)25-13-18(27-9-4-5-10-27)17-6-2-1-3-7-17/h1-3,6-7,16,18H,4-5,8-15H2,(H2,24,25,28). The summed E-state index contributed by atoms with van der Waals surface area (Å²) in [6, 6.07) is 10.0. The van der Waals surface area contributed by atoms with Gasteiger partial charge in [0.25, 0.3) is 0 Å². The van der Waals surface area contributed by atoms with E-state index in [4.69, 9.17) is 0 Å². The van der Waals surface area contributed by atoms with Crippen LogP contribution >= 0.6 is 0 Å². The second kappa shape index (κ2) is 9.60. The molecule has 2 amide bonds. The van der Waals surface area contributed by atoms with E-state index in [9.17, 15) is 18.0 Å². The number of benzene rings is 1. The first kappa shape index (κ1) is 20.9. The van der Waals surface area contributed by atoms with Gasteiger partial charge >= 0.3 is 12.2 Å². The fraction of sp³-hybridized carbons (Fsp3) is 0.650.